The summed E-state index contributed by atoms with van der Waals surface area (Å²) in [6, 6.07) is 4.77. The highest BCUT2D eigenvalue weighted by Crippen LogP contribution is 2.32. The maximum Gasteiger partial charge on any atom is 0.428 e. The molecule has 3 rings (SSSR count). The van der Waals surface area contributed by atoms with Crippen LogP contribution in [-0.4, -0.2) is 48.5 Å². The number of aromatic nitrogens is 3. The number of hydrogen-bond acceptors (Lipinski definition) is 7. The van der Waals surface area contributed by atoms with Crippen LogP contribution in [0.1, 0.15) is 38.0 Å². The number of carbonyl (C=O) groups is 1. The van der Waals surface area contributed by atoms with Gasteiger partial charge in [0.1, 0.15) is 35.7 Å². The summed E-state index contributed by atoms with van der Waals surface area (Å²) in [7, 11) is 0. The first kappa shape index (κ1) is 27.9. The van der Waals surface area contributed by atoms with Crippen LogP contribution in [0, 0.1) is 11.6 Å². The lowest BCUT2D eigenvalue weighted by molar-refractivity contribution is -0.0605. The number of amides is 1. The van der Waals surface area contributed by atoms with Gasteiger partial charge in [-0.1, -0.05) is 13.0 Å². The van der Waals surface area contributed by atoms with Crippen molar-refractivity contribution in [3.8, 4) is 0 Å². The molecule has 0 aliphatic rings. The Morgan fingerprint density at radius 1 is 1.38 bits per heavy atom. The molecule has 0 saturated carbocycles. The van der Waals surface area contributed by atoms with Gasteiger partial charge in [0.05, 0.1) is 25.4 Å². The zero-order chi connectivity index (χ0) is 27.0. The summed E-state index contributed by atoms with van der Waals surface area (Å²) in [5.41, 5.74) is -0.160. The van der Waals surface area contributed by atoms with Crippen LogP contribution >= 0.6 is 12.2 Å². The smallest absolute Gasteiger partial charge is 0.428 e. The van der Waals surface area contributed by atoms with E-state index in [1.54, 1.807) is 19.1 Å². The molecule has 3 atom stereocenters. The van der Waals surface area contributed by atoms with E-state index < -0.39 is 35.7 Å². The van der Waals surface area contributed by atoms with Gasteiger partial charge in [-0.3, -0.25) is 5.01 Å². The molecular formula is C23H27F3N6O4S. The van der Waals surface area contributed by atoms with Crippen LogP contribution in [0.4, 0.5) is 18.0 Å². The minimum absolute atomic E-state index is 0.0266. The van der Waals surface area contributed by atoms with Gasteiger partial charge in [-0.2, -0.15) is 5.10 Å². The minimum atomic E-state index is -2.17. The number of nitrogens with zero attached hydrogens (tertiary/aromatic N) is 4. The molecule has 10 nitrogen and oxygen atoms in total. The monoisotopic (exact) mass is 540 g/mol. The summed E-state index contributed by atoms with van der Waals surface area (Å²) in [5.74, 6) is -1.39. The summed E-state index contributed by atoms with van der Waals surface area (Å²) in [5, 5.41) is 19.6. The van der Waals surface area contributed by atoms with Crippen molar-refractivity contribution in [3.05, 3.63) is 72.2 Å². The van der Waals surface area contributed by atoms with Gasteiger partial charge in [0.25, 0.3) is 0 Å². The van der Waals surface area contributed by atoms with E-state index in [0.29, 0.717) is 18.2 Å². The van der Waals surface area contributed by atoms with Gasteiger partial charge >= 0.3 is 6.09 Å². The molecule has 14 heteroatoms. The zero-order valence-electron chi connectivity index (χ0n) is 20.1. The van der Waals surface area contributed by atoms with Gasteiger partial charge in [0.2, 0.25) is 6.36 Å². The number of hydrogen-bond donors (Lipinski definition) is 3. The van der Waals surface area contributed by atoms with Gasteiger partial charge in [-0.05, 0) is 43.8 Å². The number of hydrazine groups is 1. The van der Waals surface area contributed by atoms with Crippen molar-refractivity contribution in [1.29, 1.82) is 0 Å². The first-order valence-corrected chi connectivity index (χ1v) is 11.8. The lowest BCUT2D eigenvalue weighted by Gasteiger charge is -2.41. The fourth-order valence-electron chi connectivity index (χ4n) is 3.57. The summed E-state index contributed by atoms with van der Waals surface area (Å²) >= 11 is 5.44. The molecule has 0 fully saturated rings. The van der Waals surface area contributed by atoms with Crippen LogP contribution < -0.4 is 10.7 Å². The molecule has 200 valence electrons. The molecule has 3 aromatic rings. The van der Waals surface area contributed by atoms with Crippen LogP contribution in [-0.2, 0) is 23.4 Å². The van der Waals surface area contributed by atoms with Gasteiger partial charge < -0.3 is 19.6 Å². The number of nitrogens with one attached hydrogen (secondary N) is 2. The number of rotatable bonds is 10. The molecule has 0 aliphatic carbocycles. The van der Waals surface area contributed by atoms with E-state index in [9.17, 15) is 23.1 Å². The predicted molar refractivity (Wildman–Crippen MR) is 129 cm³/mol. The lowest BCUT2D eigenvalue weighted by atomic mass is 9.86. The third-order valence-electron chi connectivity index (χ3n) is 5.52. The first-order valence-electron chi connectivity index (χ1n) is 11.3. The van der Waals surface area contributed by atoms with Gasteiger partial charge in [0, 0.05) is 18.1 Å². The van der Waals surface area contributed by atoms with Crippen molar-refractivity contribution in [1.82, 2.24) is 30.5 Å². The number of thiocarbonyl (C=S) groups is 1. The first-order chi connectivity index (χ1) is 17.6. The number of alkyl halides is 1. The van der Waals surface area contributed by atoms with Crippen molar-refractivity contribution in [2.45, 2.75) is 57.8 Å². The second-order valence-electron chi connectivity index (χ2n) is 8.14. The molecule has 0 spiro atoms. The summed E-state index contributed by atoms with van der Waals surface area (Å²) in [6.45, 7) is 2.88. The molecule has 1 unspecified atom stereocenters. The fourth-order valence-corrected chi connectivity index (χ4v) is 3.85. The molecule has 0 bridgehead atoms. The number of carbonyl (C=O) groups excluding carboxylic acids is 1. The second kappa shape index (κ2) is 12.5. The van der Waals surface area contributed by atoms with Gasteiger partial charge in [-0.15, -0.1) is 0 Å². The third kappa shape index (κ3) is 7.20. The highest BCUT2D eigenvalue weighted by atomic mass is 32.1. The molecule has 1 amide bonds. The van der Waals surface area contributed by atoms with Gasteiger partial charge in [-0.25, -0.2) is 33.1 Å². The standard InChI is InChI=1S/C23H27F3N6O4S/c1-3-5-20(26)36-22(33)30-32(21(37)28-11-17-6-4-9-35-17)15(2)23(34,12-31-14-27-13-29-31)18-8-7-16(24)10-19(18)25/h4,6-10,13-15,20,34H,3,5,11-12H2,1-2H3,(H,28,37)(H,30,33)/t15-,20?,23-/m1/s1. The Labute approximate surface area is 216 Å². The van der Waals surface area contributed by atoms with Crippen molar-refractivity contribution >= 4 is 23.4 Å². The Morgan fingerprint density at radius 2 is 2.16 bits per heavy atom. The van der Waals surface area contributed by atoms with Crippen molar-refractivity contribution < 1.29 is 32.2 Å². The van der Waals surface area contributed by atoms with Crippen molar-refractivity contribution in [3.63, 3.8) is 0 Å². The van der Waals surface area contributed by atoms with Gasteiger partial charge in [0.15, 0.2) is 5.11 Å². The topological polar surface area (TPSA) is 118 Å². The molecule has 3 N–H and O–H groups in total. The van der Waals surface area contributed by atoms with Crippen molar-refractivity contribution in [2.24, 2.45) is 0 Å². The van der Waals surface area contributed by atoms with E-state index in [2.05, 4.69) is 20.8 Å². The predicted octanol–water partition coefficient (Wildman–Crippen LogP) is 3.54. The Bertz CT molecular complexity index is 1170. The second-order valence-corrected chi connectivity index (χ2v) is 8.53. The largest absolute Gasteiger partial charge is 0.467 e. The molecule has 2 heterocycles. The Morgan fingerprint density at radius 3 is 2.78 bits per heavy atom. The Balaban J connectivity index is 1.96. The average molecular weight is 541 g/mol. The van der Waals surface area contributed by atoms with E-state index >= 15 is 0 Å². The number of furan rings is 1. The van der Waals surface area contributed by atoms with Crippen LogP contribution in [0.25, 0.3) is 0 Å². The lowest BCUT2D eigenvalue weighted by Crippen LogP contribution is -2.62. The SMILES string of the molecule is CCCC(F)OC(=O)NN(C(=S)NCc1ccco1)[C@H](C)[C@](O)(Cn1cncn1)c1ccc(F)cc1F. The highest BCUT2D eigenvalue weighted by Gasteiger charge is 2.44. The molecule has 2 aromatic heterocycles. The quantitative estimate of drug-likeness (QED) is 0.262. The summed E-state index contributed by atoms with van der Waals surface area (Å²) in [4.78, 5) is 16.3. The number of benzene rings is 1. The Kier molecular flexibility index (Phi) is 9.47. The molecule has 0 saturated heterocycles. The van der Waals surface area contributed by atoms with Crippen LogP contribution in [0.3, 0.4) is 0 Å². The minimum Gasteiger partial charge on any atom is -0.467 e. The highest BCUT2D eigenvalue weighted by molar-refractivity contribution is 7.80. The third-order valence-corrected chi connectivity index (χ3v) is 5.86. The zero-order valence-corrected chi connectivity index (χ0v) is 20.9. The fraction of sp³-hybridized carbons (Fsp3) is 0.391. The normalized spacial score (nSPS) is 14.3. The Hall–Kier alpha value is -3.65. The van der Waals surface area contributed by atoms with Crippen LogP contribution in [0.5, 0.6) is 0 Å². The summed E-state index contributed by atoms with van der Waals surface area (Å²) < 4.78 is 53.8. The molecular weight excluding hydrogens is 513 g/mol. The molecule has 0 radical (unpaired) electrons. The van der Waals surface area contributed by atoms with E-state index in [4.69, 9.17) is 21.4 Å². The number of ether oxygens (including phenoxy) is 1. The van der Waals surface area contributed by atoms with E-state index in [0.717, 1.165) is 17.1 Å². The molecule has 37 heavy (non-hydrogen) atoms. The average Bonchev–Trinajstić information content (AvgIpc) is 3.55. The van der Waals surface area contributed by atoms with Crippen LogP contribution in [0.15, 0.2) is 53.7 Å². The summed E-state index contributed by atoms with van der Waals surface area (Å²) in [6.07, 6.45) is 1.29. The number of aliphatic hydroxyl groups is 1. The van der Waals surface area contributed by atoms with Crippen LogP contribution in [0.2, 0.25) is 0 Å². The van der Waals surface area contributed by atoms with Crippen molar-refractivity contribution in [2.75, 3.05) is 0 Å². The molecule has 1 aromatic carbocycles. The van der Waals surface area contributed by atoms with E-state index in [-0.39, 0.29) is 30.2 Å². The maximum absolute atomic E-state index is 15.0. The van der Waals surface area contributed by atoms with E-state index in [1.807, 2.05) is 0 Å². The van der Waals surface area contributed by atoms with E-state index in [1.165, 1.54) is 30.5 Å². The molecule has 0 aliphatic heterocycles. The number of halogens is 3. The maximum atomic E-state index is 15.0.